The van der Waals surface area contributed by atoms with Crippen molar-refractivity contribution in [2.75, 3.05) is 5.75 Å². The van der Waals surface area contributed by atoms with Gasteiger partial charge in [-0.05, 0) is 31.9 Å². The molecule has 124 valence electrons. The molecule has 0 spiro atoms. The Bertz CT molecular complexity index is 730. The number of carbonyl (C=O) groups excluding carboxylic acids is 1. The maximum absolute atomic E-state index is 12.7. The summed E-state index contributed by atoms with van der Waals surface area (Å²) in [5.41, 5.74) is 3.40. The van der Waals surface area contributed by atoms with Crippen molar-refractivity contribution in [2.45, 2.75) is 32.1 Å². The SMILES string of the molecule is Cc1cc(C)c(C(=O)CSc2nnc(C(F)(F)F)n2C)c(C)c1. The molecular weight excluding hydrogens is 327 g/mol. The van der Waals surface area contributed by atoms with Crippen molar-refractivity contribution < 1.29 is 18.0 Å². The molecular formula is C15H16F3N3OS. The Morgan fingerprint density at radius 2 is 1.74 bits per heavy atom. The highest BCUT2D eigenvalue weighted by Gasteiger charge is 2.37. The fourth-order valence-electron chi connectivity index (χ4n) is 2.51. The lowest BCUT2D eigenvalue weighted by Gasteiger charge is -2.10. The van der Waals surface area contributed by atoms with Gasteiger partial charge in [0.1, 0.15) is 0 Å². The highest BCUT2D eigenvalue weighted by Crippen LogP contribution is 2.30. The summed E-state index contributed by atoms with van der Waals surface area (Å²) in [5.74, 6) is -1.20. The van der Waals surface area contributed by atoms with Crippen molar-refractivity contribution in [1.82, 2.24) is 14.8 Å². The van der Waals surface area contributed by atoms with Gasteiger partial charge in [0.15, 0.2) is 10.9 Å². The molecule has 8 heteroatoms. The van der Waals surface area contributed by atoms with Crippen LogP contribution in [0.15, 0.2) is 17.3 Å². The number of hydrogen-bond acceptors (Lipinski definition) is 4. The topological polar surface area (TPSA) is 47.8 Å². The standard InChI is InChI=1S/C15H16F3N3OS/c1-8-5-9(2)12(10(3)6-8)11(22)7-23-14-20-19-13(21(14)4)15(16,17)18/h5-6H,7H2,1-4H3. The van der Waals surface area contributed by atoms with E-state index in [1.54, 1.807) is 0 Å². The van der Waals surface area contributed by atoms with Crippen LogP contribution in [-0.4, -0.2) is 26.3 Å². The largest absolute Gasteiger partial charge is 0.451 e. The average molecular weight is 343 g/mol. The van der Waals surface area contributed by atoms with Crippen LogP contribution in [-0.2, 0) is 13.2 Å². The zero-order valence-electron chi connectivity index (χ0n) is 13.2. The van der Waals surface area contributed by atoms with E-state index >= 15 is 0 Å². The lowest BCUT2D eigenvalue weighted by atomic mass is 9.97. The summed E-state index contributed by atoms with van der Waals surface area (Å²) in [6.45, 7) is 5.64. The first-order valence-corrected chi connectivity index (χ1v) is 7.80. The average Bonchev–Trinajstić information content (AvgIpc) is 2.76. The number of benzene rings is 1. The number of hydrogen-bond donors (Lipinski definition) is 0. The quantitative estimate of drug-likeness (QED) is 0.627. The van der Waals surface area contributed by atoms with E-state index in [1.807, 2.05) is 32.9 Å². The van der Waals surface area contributed by atoms with Crippen molar-refractivity contribution in [3.05, 3.63) is 40.2 Å². The maximum atomic E-state index is 12.7. The van der Waals surface area contributed by atoms with Gasteiger partial charge in [-0.2, -0.15) is 13.2 Å². The first-order valence-electron chi connectivity index (χ1n) is 6.81. The molecule has 0 bridgehead atoms. The second kappa shape index (κ2) is 6.35. The van der Waals surface area contributed by atoms with Gasteiger partial charge in [0.25, 0.3) is 0 Å². The zero-order chi connectivity index (χ0) is 17.4. The molecule has 0 atom stereocenters. The first-order chi connectivity index (χ1) is 10.6. The molecule has 4 nitrogen and oxygen atoms in total. The van der Waals surface area contributed by atoms with Crippen LogP contribution < -0.4 is 0 Å². The smallest absolute Gasteiger partial charge is 0.302 e. The van der Waals surface area contributed by atoms with Gasteiger partial charge in [-0.1, -0.05) is 29.5 Å². The number of halogens is 3. The van der Waals surface area contributed by atoms with Crippen LogP contribution in [0.5, 0.6) is 0 Å². The number of alkyl halides is 3. The van der Waals surface area contributed by atoms with E-state index in [9.17, 15) is 18.0 Å². The van der Waals surface area contributed by atoms with Crippen LogP contribution >= 0.6 is 11.8 Å². The third kappa shape index (κ3) is 3.74. The van der Waals surface area contributed by atoms with Gasteiger partial charge in [-0.3, -0.25) is 4.79 Å². The van der Waals surface area contributed by atoms with Gasteiger partial charge in [0.05, 0.1) is 5.75 Å². The molecule has 0 saturated carbocycles. The van der Waals surface area contributed by atoms with Crippen molar-refractivity contribution in [1.29, 1.82) is 0 Å². The Kier molecular flexibility index (Phi) is 4.84. The molecule has 2 rings (SSSR count). The number of Topliss-reactive ketones (excluding diaryl/α,β-unsaturated/α-hetero) is 1. The number of thioether (sulfide) groups is 1. The fourth-order valence-corrected chi connectivity index (χ4v) is 3.29. The fraction of sp³-hybridized carbons (Fsp3) is 0.400. The molecule has 0 radical (unpaired) electrons. The number of aryl methyl sites for hydroxylation is 3. The van der Waals surface area contributed by atoms with E-state index in [0.717, 1.165) is 33.0 Å². The van der Waals surface area contributed by atoms with Crippen molar-refractivity contribution in [3.8, 4) is 0 Å². The van der Waals surface area contributed by atoms with E-state index < -0.39 is 12.0 Å². The van der Waals surface area contributed by atoms with Crippen LogP contribution in [0.25, 0.3) is 0 Å². The van der Waals surface area contributed by atoms with Crippen LogP contribution in [0.3, 0.4) is 0 Å². The second-order valence-electron chi connectivity index (χ2n) is 5.35. The minimum absolute atomic E-state index is 0.00850. The number of ketones is 1. The Balaban J connectivity index is 2.16. The molecule has 2 aromatic rings. The third-order valence-corrected chi connectivity index (χ3v) is 4.40. The van der Waals surface area contributed by atoms with Crippen LogP contribution in [0.2, 0.25) is 0 Å². The zero-order valence-corrected chi connectivity index (χ0v) is 14.0. The monoisotopic (exact) mass is 343 g/mol. The highest BCUT2D eigenvalue weighted by atomic mass is 32.2. The van der Waals surface area contributed by atoms with E-state index in [-0.39, 0.29) is 16.7 Å². The van der Waals surface area contributed by atoms with Gasteiger partial charge in [0.2, 0.25) is 5.82 Å². The molecule has 1 aromatic heterocycles. The summed E-state index contributed by atoms with van der Waals surface area (Å²) in [7, 11) is 1.23. The molecule has 23 heavy (non-hydrogen) atoms. The lowest BCUT2D eigenvalue weighted by Crippen LogP contribution is -2.13. The summed E-state index contributed by atoms with van der Waals surface area (Å²) >= 11 is 0.948. The number of aromatic nitrogens is 3. The summed E-state index contributed by atoms with van der Waals surface area (Å²) in [5, 5.41) is 6.71. The Morgan fingerprint density at radius 1 is 1.17 bits per heavy atom. The van der Waals surface area contributed by atoms with E-state index in [1.165, 1.54) is 7.05 Å². The first kappa shape index (κ1) is 17.5. The van der Waals surface area contributed by atoms with Crippen molar-refractivity contribution in [3.63, 3.8) is 0 Å². The minimum atomic E-state index is -4.56. The van der Waals surface area contributed by atoms with Crippen LogP contribution in [0.4, 0.5) is 13.2 Å². The molecule has 1 heterocycles. The molecule has 0 unspecified atom stereocenters. The van der Waals surface area contributed by atoms with E-state index in [2.05, 4.69) is 10.2 Å². The van der Waals surface area contributed by atoms with Crippen LogP contribution in [0.1, 0.15) is 32.9 Å². The molecule has 0 aliphatic carbocycles. The van der Waals surface area contributed by atoms with Crippen molar-refractivity contribution in [2.24, 2.45) is 7.05 Å². The molecule has 0 aliphatic heterocycles. The van der Waals surface area contributed by atoms with E-state index in [0.29, 0.717) is 5.56 Å². The Morgan fingerprint density at radius 3 is 2.22 bits per heavy atom. The maximum Gasteiger partial charge on any atom is 0.451 e. The highest BCUT2D eigenvalue weighted by molar-refractivity contribution is 7.99. The second-order valence-corrected chi connectivity index (χ2v) is 6.29. The molecule has 0 amide bonds. The van der Waals surface area contributed by atoms with Gasteiger partial charge in [-0.15, -0.1) is 10.2 Å². The van der Waals surface area contributed by atoms with Gasteiger partial charge in [0, 0.05) is 12.6 Å². The molecule has 0 fully saturated rings. The number of nitrogens with zero attached hydrogens (tertiary/aromatic N) is 3. The van der Waals surface area contributed by atoms with Crippen molar-refractivity contribution >= 4 is 17.5 Å². The summed E-state index contributed by atoms with van der Waals surface area (Å²) in [6.07, 6.45) is -4.56. The Labute approximate surface area is 136 Å². The van der Waals surface area contributed by atoms with Crippen LogP contribution in [0, 0.1) is 20.8 Å². The van der Waals surface area contributed by atoms with E-state index in [4.69, 9.17) is 0 Å². The molecule has 1 aromatic carbocycles. The Hall–Kier alpha value is -1.83. The minimum Gasteiger partial charge on any atom is -0.302 e. The summed E-state index contributed by atoms with van der Waals surface area (Å²) in [4.78, 5) is 12.4. The summed E-state index contributed by atoms with van der Waals surface area (Å²) < 4.78 is 38.9. The van der Waals surface area contributed by atoms with Gasteiger partial charge < -0.3 is 4.57 Å². The number of rotatable bonds is 4. The lowest BCUT2D eigenvalue weighted by molar-refractivity contribution is -0.147. The molecule has 0 N–H and O–H groups in total. The molecule has 0 saturated heterocycles. The normalized spacial score (nSPS) is 11.8. The van der Waals surface area contributed by atoms with Gasteiger partial charge in [-0.25, -0.2) is 0 Å². The predicted molar refractivity (Wildman–Crippen MR) is 81.7 cm³/mol. The van der Waals surface area contributed by atoms with Gasteiger partial charge >= 0.3 is 6.18 Å². The number of carbonyl (C=O) groups is 1. The predicted octanol–water partition coefficient (Wildman–Crippen LogP) is 3.73. The third-order valence-electron chi connectivity index (χ3n) is 3.38. The molecule has 0 aliphatic rings. The summed E-state index contributed by atoms with van der Waals surface area (Å²) in [6, 6.07) is 3.82.